The van der Waals surface area contributed by atoms with Gasteiger partial charge < -0.3 is 9.47 Å². The standard InChI is InChI=1S/C22H44O3/c1-3-5-7-9-10-11-12-13-15-17-19-24-20-21-25-22(23)18-16-14-8-6-4-2/h3-21H2,1-2H3. The lowest BCUT2D eigenvalue weighted by atomic mass is 10.1. The topological polar surface area (TPSA) is 35.5 Å². The van der Waals surface area contributed by atoms with Crippen molar-refractivity contribution in [2.45, 2.75) is 117 Å². The summed E-state index contributed by atoms with van der Waals surface area (Å²) in [7, 11) is 0. The first-order valence-corrected chi connectivity index (χ1v) is 11.0. The maximum absolute atomic E-state index is 11.5. The van der Waals surface area contributed by atoms with Gasteiger partial charge in [-0.15, -0.1) is 0 Å². The molecule has 0 aliphatic carbocycles. The maximum Gasteiger partial charge on any atom is 0.305 e. The number of ether oxygens (including phenoxy) is 2. The van der Waals surface area contributed by atoms with Crippen molar-refractivity contribution in [3.63, 3.8) is 0 Å². The SMILES string of the molecule is CCCCCCCCCCCCOCCOC(=O)CCCCCCC. The van der Waals surface area contributed by atoms with E-state index in [2.05, 4.69) is 13.8 Å². The van der Waals surface area contributed by atoms with Crippen LogP contribution in [0.15, 0.2) is 0 Å². The number of carbonyl (C=O) groups is 1. The highest BCUT2D eigenvalue weighted by Crippen LogP contribution is 2.10. The fourth-order valence-corrected chi connectivity index (χ4v) is 2.95. The summed E-state index contributed by atoms with van der Waals surface area (Å²) in [5.74, 6) is -0.0703. The third kappa shape index (κ3) is 21.4. The van der Waals surface area contributed by atoms with E-state index in [0.29, 0.717) is 19.6 Å². The van der Waals surface area contributed by atoms with Gasteiger partial charge in [0.15, 0.2) is 0 Å². The molecule has 150 valence electrons. The summed E-state index contributed by atoms with van der Waals surface area (Å²) in [6, 6.07) is 0. The molecular formula is C22H44O3. The summed E-state index contributed by atoms with van der Waals surface area (Å²) < 4.78 is 10.7. The van der Waals surface area contributed by atoms with Crippen molar-refractivity contribution >= 4 is 5.97 Å². The normalized spacial score (nSPS) is 11.0. The van der Waals surface area contributed by atoms with Gasteiger partial charge in [0.25, 0.3) is 0 Å². The highest BCUT2D eigenvalue weighted by Gasteiger charge is 2.02. The van der Waals surface area contributed by atoms with Crippen molar-refractivity contribution in [3.8, 4) is 0 Å². The molecule has 25 heavy (non-hydrogen) atoms. The van der Waals surface area contributed by atoms with Crippen molar-refractivity contribution in [1.82, 2.24) is 0 Å². The smallest absolute Gasteiger partial charge is 0.305 e. The minimum Gasteiger partial charge on any atom is -0.463 e. The number of hydrogen-bond acceptors (Lipinski definition) is 3. The van der Waals surface area contributed by atoms with Gasteiger partial charge in [-0.05, 0) is 12.8 Å². The van der Waals surface area contributed by atoms with Gasteiger partial charge in [0.2, 0.25) is 0 Å². The first-order valence-electron chi connectivity index (χ1n) is 11.0. The molecule has 0 unspecified atom stereocenters. The lowest BCUT2D eigenvalue weighted by molar-refractivity contribution is -0.145. The summed E-state index contributed by atoms with van der Waals surface area (Å²) in [5.41, 5.74) is 0. The van der Waals surface area contributed by atoms with Crippen LogP contribution in [-0.4, -0.2) is 25.8 Å². The van der Waals surface area contributed by atoms with Crippen LogP contribution in [0.1, 0.15) is 117 Å². The van der Waals surface area contributed by atoms with E-state index < -0.39 is 0 Å². The highest BCUT2D eigenvalue weighted by molar-refractivity contribution is 5.69. The molecule has 0 aromatic rings. The molecular weight excluding hydrogens is 312 g/mol. The molecule has 0 aliphatic rings. The van der Waals surface area contributed by atoms with E-state index in [1.807, 2.05) is 0 Å². The van der Waals surface area contributed by atoms with Crippen molar-refractivity contribution in [3.05, 3.63) is 0 Å². The quantitative estimate of drug-likeness (QED) is 0.177. The van der Waals surface area contributed by atoms with E-state index in [4.69, 9.17) is 9.47 Å². The van der Waals surface area contributed by atoms with Crippen LogP contribution in [0.2, 0.25) is 0 Å². The molecule has 0 atom stereocenters. The number of hydrogen-bond donors (Lipinski definition) is 0. The van der Waals surface area contributed by atoms with Crippen LogP contribution in [0, 0.1) is 0 Å². The summed E-state index contributed by atoms with van der Waals surface area (Å²) >= 11 is 0. The van der Waals surface area contributed by atoms with Crippen LogP contribution in [0.3, 0.4) is 0 Å². The van der Waals surface area contributed by atoms with Crippen LogP contribution in [0.25, 0.3) is 0 Å². The summed E-state index contributed by atoms with van der Waals surface area (Å²) in [5, 5.41) is 0. The summed E-state index contributed by atoms with van der Waals surface area (Å²) in [6.45, 7) is 6.21. The average molecular weight is 357 g/mol. The van der Waals surface area contributed by atoms with Gasteiger partial charge in [0.05, 0.1) is 6.61 Å². The molecule has 0 rings (SSSR count). The molecule has 0 saturated carbocycles. The highest BCUT2D eigenvalue weighted by atomic mass is 16.6. The molecule has 0 N–H and O–H groups in total. The van der Waals surface area contributed by atoms with E-state index in [0.717, 1.165) is 25.9 Å². The van der Waals surface area contributed by atoms with Gasteiger partial charge in [-0.1, -0.05) is 97.3 Å². The Kier molecular flexibility index (Phi) is 21.0. The lowest BCUT2D eigenvalue weighted by Gasteiger charge is -2.06. The van der Waals surface area contributed by atoms with E-state index in [9.17, 15) is 4.79 Å². The van der Waals surface area contributed by atoms with E-state index in [1.54, 1.807) is 0 Å². The minimum absolute atomic E-state index is 0.0703. The van der Waals surface area contributed by atoms with Crippen molar-refractivity contribution in [2.75, 3.05) is 19.8 Å². The average Bonchev–Trinajstić information content (AvgIpc) is 2.62. The Labute approximate surface area is 157 Å². The van der Waals surface area contributed by atoms with Gasteiger partial charge in [0, 0.05) is 13.0 Å². The zero-order chi connectivity index (χ0) is 18.4. The molecule has 0 aromatic heterocycles. The fraction of sp³-hybridized carbons (Fsp3) is 0.955. The molecule has 0 radical (unpaired) electrons. The Hall–Kier alpha value is -0.570. The largest absolute Gasteiger partial charge is 0.463 e. The maximum atomic E-state index is 11.5. The van der Waals surface area contributed by atoms with E-state index >= 15 is 0 Å². The third-order valence-corrected chi connectivity index (χ3v) is 4.62. The predicted octanol–water partition coefficient (Wildman–Crippen LogP) is 6.83. The Balaban J connectivity index is 3.09. The van der Waals surface area contributed by atoms with Crippen molar-refractivity contribution in [2.24, 2.45) is 0 Å². The molecule has 3 heteroatoms. The second kappa shape index (κ2) is 21.5. The zero-order valence-corrected chi connectivity index (χ0v) is 17.2. The number of rotatable bonds is 20. The van der Waals surface area contributed by atoms with Crippen LogP contribution < -0.4 is 0 Å². The molecule has 3 nitrogen and oxygen atoms in total. The summed E-state index contributed by atoms with van der Waals surface area (Å²) in [6.07, 6.45) is 19.8. The first kappa shape index (κ1) is 24.4. The Morgan fingerprint density at radius 1 is 0.560 bits per heavy atom. The first-order chi connectivity index (χ1) is 12.3. The van der Waals surface area contributed by atoms with Crippen molar-refractivity contribution < 1.29 is 14.3 Å². The molecule has 0 fully saturated rings. The van der Waals surface area contributed by atoms with E-state index in [1.165, 1.54) is 77.0 Å². The van der Waals surface area contributed by atoms with Crippen LogP contribution in [0.5, 0.6) is 0 Å². The Bertz CT molecular complexity index is 266. The lowest BCUT2D eigenvalue weighted by Crippen LogP contribution is -2.10. The predicted molar refractivity (Wildman–Crippen MR) is 107 cm³/mol. The van der Waals surface area contributed by atoms with E-state index in [-0.39, 0.29) is 5.97 Å². The molecule has 0 spiro atoms. The van der Waals surface area contributed by atoms with Gasteiger partial charge in [0.1, 0.15) is 6.61 Å². The fourth-order valence-electron chi connectivity index (χ4n) is 2.95. The Morgan fingerprint density at radius 2 is 1.04 bits per heavy atom. The van der Waals surface area contributed by atoms with Gasteiger partial charge in [-0.2, -0.15) is 0 Å². The molecule has 0 aromatic carbocycles. The number of esters is 1. The Morgan fingerprint density at radius 3 is 1.60 bits per heavy atom. The van der Waals surface area contributed by atoms with Gasteiger partial charge in [-0.3, -0.25) is 4.79 Å². The second-order valence-corrected chi connectivity index (χ2v) is 7.18. The second-order valence-electron chi connectivity index (χ2n) is 7.18. The molecule has 0 bridgehead atoms. The van der Waals surface area contributed by atoms with Crippen LogP contribution in [0.4, 0.5) is 0 Å². The summed E-state index contributed by atoms with van der Waals surface area (Å²) in [4.78, 5) is 11.5. The van der Waals surface area contributed by atoms with Gasteiger partial charge >= 0.3 is 5.97 Å². The monoisotopic (exact) mass is 356 g/mol. The zero-order valence-electron chi connectivity index (χ0n) is 17.2. The minimum atomic E-state index is -0.0703. The molecule has 0 amide bonds. The molecule has 0 saturated heterocycles. The van der Waals surface area contributed by atoms with Crippen LogP contribution in [-0.2, 0) is 14.3 Å². The number of carbonyl (C=O) groups excluding carboxylic acids is 1. The van der Waals surface area contributed by atoms with Crippen molar-refractivity contribution in [1.29, 1.82) is 0 Å². The molecule has 0 heterocycles. The van der Waals surface area contributed by atoms with Crippen LogP contribution >= 0.6 is 0 Å². The van der Waals surface area contributed by atoms with Gasteiger partial charge in [-0.25, -0.2) is 0 Å². The third-order valence-electron chi connectivity index (χ3n) is 4.62. The number of unbranched alkanes of at least 4 members (excludes halogenated alkanes) is 13. The molecule has 0 aliphatic heterocycles.